The van der Waals surface area contributed by atoms with Crippen LogP contribution in [0, 0.1) is 11.3 Å². The molecule has 1 saturated carbocycles. The second kappa shape index (κ2) is 5.89. The lowest BCUT2D eigenvalue weighted by Crippen LogP contribution is -2.26. The Morgan fingerprint density at radius 1 is 1.30 bits per heavy atom. The Balaban J connectivity index is 1.97. The molecule has 1 aromatic rings. The first-order chi connectivity index (χ1) is 9.38. The fraction of sp³-hybridized carbons (Fsp3) is 0.857. The third-order valence-corrected chi connectivity index (χ3v) is 4.41. The first-order valence-electron chi connectivity index (χ1n) is 7.36. The van der Waals surface area contributed by atoms with Gasteiger partial charge in [-0.15, -0.1) is 5.10 Å². The molecule has 0 aliphatic heterocycles. The third kappa shape index (κ3) is 3.55. The van der Waals surface area contributed by atoms with Crippen LogP contribution in [0.25, 0.3) is 0 Å². The molecule has 1 N–H and O–H groups in total. The number of nitrogens with zero attached hydrogens (tertiary/aromatic N) is 4. The van der Waals surface area contributed by atoms with Crippen LogP contribution in [-0.2, 0) is 11.3 Å². The summed E-state index contributed by atoms with van der Waals surface area (Å²) in [7, 11) is 0. The number of hydrogen-bond acceptors (Lipinski definition) is 4. The van der Waals surface area contributed by atoms with E-state index in [1.165, 1.54) is 12.8 Å². The normalized spacial score (nSPS) is 23.8. The van der Waals surface area contributed by atoms with Gasteiger partial charge >= 0.3 is 5.97 Å². The maximum absolute atomic E-state index is 10.7. The first kappa shape index (κ1) is 14.9. The van der Waals surface area contributed by atoms with Gasteiger partial charge in [0.1, 0.15) is 0 Å². The summed E-state index contributed by atoms with van der Waals surface area (Å²) in [6.45, 7) is 7.26. The van der Waals surface area contributed by atoms with Crippen LogP contribution < -0.4 is 0 Å². The molecule has 0 radical (unpaired) electrons. The minimum Gasteiger partial charge on any atom is -0.481 e. The number of aryl methyl sites for hydroxylation is 1. The monoisotopic (exact) mass is 280 g/mol. The van der Waals surface area contributed by atoms with E-state index in [9.17, 15) is 4.79 Å². The van der Waals surface area contributed by atoms with E-state index in [-0.39, 0.29) is 6.42 Å². The second-order valence-corrected chi connectivity index (χ2v) is 6.82. The number of rotatable bonds is 4. The SMILES string of the molecule is CC(C)(C)C1CCC(c2nnnn2CCC(=O)O)CC1. The van der Waals surface area contributed by atoms with Crippen LogP contribution in [0.1, 0.15) is 64.6 Å². The Morgan fingerprint density at radius 3 is 2.50 bits per heavy atom. The predicted octanol–water partition coefficient (Wildman–Crippen LogP) is 2.47. The summed E-state index contributed by atoms with van der Waals surface area (Å²) in [4.78, 5) is 10.7. The minimum absolute atomic E-state index is 0.0649. The average molecular weight is 280 g/mol. The van der Waals surface area contributed by atoms with E-state index >= 15 is 0 Å². The Kier molecular flexibility index (Phi) is 4.40. The van der Waals surface area contributed by atoms with Crippen LogP contribution >= 0.6 is 0 Å². The smallest absolute Gasteiger partial charge is 0.305 e. The van der Waals surface area contributed by atoms with E-state index in [2.05, 4.69) is 36.3 Å². The number of carboxylic acids is 1. The van der Waals surface area contributed by atoms with Crippen molar-refractivity contribution in [1.82, 2.24) is 20.2 Å². The van der Waals surface area contributed by atoms with E-state index in [0.29, 0.717) is 17.9 Å². The number of tetrazole rings is 1. The van der Waals surface area contributed by atoms with Crippen LogP contribution in [-0.4, -0.2) is 31.3 Å². The van der Waals surface area contributed by atoms with Crippen molar-refractivity contribution >= 4 is 5.97 Å². The van der Waals surface area contributed by atoms with Gasteiger partial charge < -0.3 is 5.11 Å². The maximum Gasteiger partial charge on any atom is 0.305 e. The van der Waals surface area contributed by atoms with E-state index < -0.39 is 5.97 Å². The number of carboxylic acid groups (broad SMARTS) is 1. The van der Waals surface area contributed by atoms with Gasteiger partial charge in [0.05, 0.1) is 13.0 Å². The van der Waals surface area contributed by atoms with Gasteiger partial charge in [0.25, 0.3) is 0 Å². The molecular weight excluding hydrogens is 256 g/mol. The Bertz CT molecular complexity index is 456. The van der Waals surface area contributed by atoms with Crippen LogP contribution in [0.4, 0.5) is 0 Å². The summed E-state index contributed by atoms with van der Waals surface area (Å²) in [6.07, 6.45) is 4.64. The second-order valence-electron chi connectivity index (χ2n) is 6.82. The number of carbonyl (C=O) groups is 1. The molecule has 0 saturated heterocycles. The molecule has 0 aromatic carbocycles. The number of hydrogen-bond donors (Lipinski definition) is 1. The number of aromatic nitrogens is 4. The van der Waals surface area contributed by atoms with Gasteiger partial charge in [0.15, 0.2) is 5.82 Å². The molecule has 0 amide bonds. The summed E-state index contributed by atoms with van der Waals surface area (Å²) in [5.74, 6) is 1.17. The predicted molar refractivity (Wildman–Crippen MR) is 74.2 cm³/mol. The first-order valence-corrected chi connectivity index (χ1v) is 7.36. The molecule has 2 rings (SSSR count). The third-order valence-electron chi connectivity index (χ3n) is 4.41. The summed E-state index contributed by atoms with van der Waals surface area (Å²) >= 11 is 0. The average Bonchev–Trinajstić information content (AvgIpc) is 2.83. The van der Waals surface area contributed by atoms with Gasteiger partial charge in [-0.2, -0.15) is 0 Å². The molecule has 1 fully saturated rings. The van der Waals surface area contributed by atoms with Crippen LogP contribution in [0.2, 0.25) is 0 Å². The van der Waals surface area contributed by atoms with Crippen LogP contribution in [0.15, 0.2) is 0 Å². The standard InChI is InChI=1S/C14H24N4O2/c1-14(2,3)11-6-4-10(5-7-11)13-15-16-17-18(13)9-8-12(19)20/h10-11H,4-9H2,1-3H3,(H,19,20). The quantitative estimate of drug-likeness (QED) is 0.916. The highest BCUT2D eigenvalue weighted by molar-refractivity contribution is 5.66. The largest absolute Gasteiger partial charge is 0.481 e. The summed E-state index contributed by atoms with van der Waals surface area (Å²) in [5.41, 5.74) is 0.361. The van der Waals surface area contributed by atoms with Crippen molar-refractivity contribution in [1.29, 1.82) is 0 Å². The Labute approximate surface area is 119 Å². The summed E-state index contributed by atoms with van der Waals surface area (Å²) < 4.78 is 1.66. The highest BCUT2D eigenvalue weighted by atomic mass is 16.4. The summed E-state index contributed by atoms with van der Waals surface area (Å²) in [5, 5.41) is 20.5. The molecule has 0 atom stereocenters. The highest BCUT2D eigenvalue weighted by Crippen LogP contribution is 2.42. The Hall–Kier alpha value is -1.46. The van der Waals surface area contributed by atoms with E-state index in [1.54, 1.807) is 4.68 Å². The van der Waals surface area contributed by atoms with Gasteiger partial charge in [-0.05, 0) is 47.4 Å². The molecule has 1 heterocycles. The van der Waals surface area contributed by atoms with Gasteiger partial charge in [-0.25, -0.2) is 4.68 Å². The molecule has 0 bridgehead atoms. The van der Waals surface area contributed by atoms with E-state index in [4.69, 9.17) is 5.11 Å². The van der Waals surface area contributed by atoms with Crippen molar-refractivity contribution in [2.45, 2.75) is 65.3 Å². The molecule has 0 unspecified atom stereocenters. The lowest BCUT2D eigenvalue weighted by molar-refractivity contribution is -0.137. The zero-order valence-electron chi connectivity index (χ0n) is 12.5. The molecule has 112 valence electrons. The van der Waals surface area contributed by atoms with E-state index in [1.807, 2.05) is 0 Å². The molecule has 1 aliphatic carbocycles. The maximum atomic E-state index is 10.7. The van der Waals surface area contributed by atoms with Crippen molar-refractivity contribution in [2.24, 2.45) is 11.3 Å². The van der Waals surface area contributed by atoms with Crippen LogP contribution in [0.5, 0.6) is 0 Å². The zero-order valence-corrected chi connectivity index (χ0v) is 12.5. The molecule has 6 nitrogen and oxygen atoms in total. The van der Waals surface area contributed by atoms with Crippen LogP contribution in [0.3, 0.4) is 0 Å². The zero-order chi connectivity index (χ0) is 14.8. The molecular formula is C14H24N4O2. The molecule has 0 spiro atoms. The van der Waals surface area contributed by atoms with Crippen molar-refractivity contribution in [2.75, 3.05) is 0 Å². The highest BCUT2D eigenvalue weighted by Gasteiger charge is 2.32. The van der Waals surface area contributed by atoms with Gasteiger partial charge in [0.2, 0.25) is 0 Å². The lowest BCUT2D eigenvalue weighted by atomic mass is 9.70. The lowest BCUT2D eigenvalue weighted by Gasteiger charge is -2.36. The fourth-order valence-electron chi connectivity index (χ4n) is 3.08. The van der Waals surface area contributed by atoms with Crippen molar-refractivity contribution in [3.05, 3.63) is 5.82 Å². The molecule has 1 aliphatic rings. The van der Waals surface area contributed by atoms with Gasteiger partial charge in [-0.1, -0.05) is 20.8 Å². The Morgan fingerprint density at radius 2 is 1.95 bits per heavy atom. The minimum atomic E-state index is -0.817. The molecule has 6 heteroatoms. The molecule has 20 heavy (non-hydrogen) atoms. The molecule has 1 aromatic heterocycles. The van der Waals surface area contributed by atoms with Crippen molar-refractivity contribution in [3.8, 4) is 0 Å². The van der Waals surface area contributed by atoms with Crippen molar-refractivity contribution < 1.29 is 9.90 Å². The topological polar surface area (TPSA) is 80.9 Å². The van der Waals surface area contributed by atoms with E-state index in [0.717, 1.165) is 24.6 Å². The van der Waals surface area contributed by atoms with Gasteiger partial charge in [-0.3, -0.25) is 4.79 Å². The van der Waals surface area contributed by atoms with Gasteiger partial charge in [0, 0.05) is 5.92 Å². The summed E-state index contributed by atoms with van der Waals surface area (Å²) in [6, 6.07) is 0. The number of aliphatic carboxylic acids is 1. The fourth-order valence-corrected chi connectivity index (χ4v) is 3.08. The van der Waals surface area contributed by atoms with Crippen molar-refractivity contribution in [3.63, 3.8) is 0 Å².